The van der Waals surface area contributed by atoms with Crippen molar-refractivity contribution in [3.8, 4) is 0 Å². The lowest BCUT2D eigenvalue weighted by Gasteiger charge is -2.05. The van der Waals surface area contributed by atoms with Crippen molar-refractivity contribution in [2.45, 2.75) is 4.90 Å². The van der Waals surface area contributed by atoms with E-state index in [1.807, 2.05) is 0 Å². The van der Waals surface area contributed by atoms with Crippen LogP contribution in [-0.2, 0) is 9.84 Å². The fraction of sp³-hybridized carbons (Fsp3) is 0.125. The van der Waals surface area contributed by atoms with E-state index in [2.05, 4.69) is 0 Å². The van der Waals surface area contributed by atoms with Crippen LogP contribution in [0.25, 0.3) is 0 Å². The summed E-state index contributed by atoms with van der Waals surface area (Å²) in [6.45, 7) is 0. The van der Waals surface area contributed by atoms with Crippen molar-refractivity contribution in [2.75, 3.05) is 6.26 Å². The van der Waals surface area contributed by atoms with Crippen LogP contribution in [0.15, 0.2) is 23.1 Å². The van der Waals surface area contributed by atoms with Crippen molar-refractivity contribution in [3.05, 3.63) is 29.6 Å². The molecule has 0 aliphatic rings. The van der Waals surface area contributed by atoms with Crippen molar-refractivity contribution >= 4 is 15.8 Å². The van der Waals surface area contributed by atoms with E-state index in [0.717, 1.165) is 24.5 Å². The Morgan fingerprint density at radius 3 is 2.43 bits per heavy atom. The second-order valence-electron chi connectivity index (χ2n) is 2.70. The molecule has 0 bridgehead atoms. The van der Waals surface area contributed by atoms with Gasteiger partial charge < -0.3 is 9.90 Å². The van der Waals surface area contributed by atoms with E-state index in [4.69, 9.17) is 0 Å². The largest absolute Gasteiger partial charge is 0.545 e. The molecule has 0 fully saturated rings. The topological polar surface area (TPSA) is 74.3 Å². The first kappa shape index (κ1) is 10.6. The van der Waals surface area contributed by atoms with Gasteiger partial charge in [0.1, 0.15) is 10.7 Å². The van der Waals surface area contributed by atoms with Crippen molar-refractivity contribution in [1.82, 2.24) is 0 Å². The Bertz CT molecular complexity index is 478. The number of carbonyl (C=O) groups is 1. The first-order valence-electron chi connectivity index (χ1n) is 3.53. The van der Waals surface area contributed by atoms with Crippen LogP contribution in [-0.4, -0.2) is 20.6 Å². The van der Waals surface area contributed by atoms with Crippen LogP contribution < -0.4 is 5.11 Å². The van der Waals surface area contributed by atoms with E-state index in [1.54, 1.807) is 0 Å². The van der Waals surface area contributed by atoms with Gasteiger partial charge in [0.2, 0.25) is 0 Å². The number of rotatable bonds is 2. The average Bonchev–Trinajstić information content (AvgIpc) is 2.02. The number of sulfone groups is 1. The predicted molar refractivity (Wildman–Crippen MR) is 43.8 cm³/mol. The Morgan fingerprint density at radius 2 is 2.00 bits per heavy atom. The van der Waals surface area contributed by atoms with Crippen molar-refractivity contribution in [2.24, 2.45) is 0 Å². The van der Waals surface area contributed by atoms with Gasteiger partial charge >= 0.3 is 0 Å². The first-order valence-corrected chi connectivity index (χ1v) is 5.42. The van der Waals surface area contributed by atoms with Crippen LogP contribution in [0.4, 0.5) is 4.39 Å². The molecule has 0 aliphatic carbocycles. The van der Waals surface area contributed by atoms with Crippen LogP contribution in [0.3, 0.4) is 0 Å². The minimum atomic E-state index is -3.76. The zero-order valence-electron chi connectivity index (χ0n) is 7.15. The summed E-state index contributed by atoms with van der Waals surface area (Å²) in [4.78, 5) is 9.72. The summed E-state index contributed by atoms with van der Waals surface area (Å²) in [5.41, 5.74) is -0.369. The van der Waals surface area contributed by atoms with Crippen molar-refractivity contribution in [3.63, 3.8) is 0 Å². The monoisotopic (exact) mass is 217 g/mol. The Morgan fingerprint density at radius 1 is 1.43 bits per heavy atom. The molecule has 0 amide bonds. The highest BCUT2D eigenvalue weighted by molar-refractivity contribution is 7.90. The van der Waals surface area contributed by atoms with Crippen LogP contribution in [0.5, 0.6) is 0 Å². The Balaban J connectivity index is 3.44. The molecule has 1 aromatic carbocycles. The standard InChI is InChI=1S/C8H7FO4S/c1-14(12,13)7-4-5(8(10)11)2-3-6(7)9/h2-4H,1H3,(H,10,11)/p-1. The zero-order valence-corrected chi connectivity index (χ0v) is 7.97. The van der Waals surface area contributed by atoms with Gasteiger partial charge in [-0.2, -0.15) is 0 Å². The molecule has 0 radical (unpaired) electrons. The number of carboxylic acid groups (broad SMARTS) is 1. The van der Waals surface area contributed by atoms with E-state index >= 15 is 0 Å². The summed E-state index contributed by atoms with van der Waals surface area (Å²) in [7, 11) is -3.76. The smallest absolute Gasteiger partial charge is 0.178 e. The van der Waals surface area contributed by atoms with E-state index in [1.165, 1.54) is 0 Å². The number of benzene rings is 1. The maximum Gasteiger partial charge on any atom is 0.178 e. The molecule has 0 atom stereocenters. The molecule has 0 N–H and O–H groups in total. The number of aromatic carboxylic acids is 1. The molecule has 0 spiro atoms. The van der Waals surface area contributed by atoms with Gasteiger partial charge in [-0.05, 0) is 17.7 Å². The summed E-state index contributed by atoms with van der Waals surface area (Å²) in [6, 6.07) is 2.46. The zero-order chi connectivity index (χ0) is 10.9. The number of hydrogen-bond acceptors (Lipinski definition) is 4. The van der Waals surface area contributed by atoms with Gasteiger partial charge in [0.15, 0.2) is 9.84 Å². The number of hydrogen-bond donors (Lipinski definition) is 0. The third-order valence-electron chi connectivity index (χ3n) is 1.57. The highest BCUT2D eigenvalue weighted by Gasteiger charge is 2.14. The third kappa shape index (κ3) is 2.08. The van der Waals surface area contributed by atoms with Gasteiger partial charge in [-0.25, -0.2) is 12.8 Å². The fourth-order valence-electron chi connectivity index (χ4n) is 0.914. The van der Waals surface area contributed by atoms with Crippen LogP contribution >= 0.6 is 0 Å². The molecule has 1 rings (SSSR count). The van der Waals surface area contributed by atoms with Crippen molar-refractivity contribution in [1.29, 1.82) is 0 Å². The molecule has 14 heavy (non-hydrogen) atoms. The summed E-state index contributed by atoms with van der Waals surface area (Å²) in [6.07, 6.45) is 0.796. The lowest BCUT2D eigenvalue weighted by Crippen LogP contribution is -2.22. The van der Waals surface area contributed by atoms with Crippen LogP contribution in [0, 0.1) is 5.82 Å². The Labute approximate surface area is 79.9 Å². The summed E-state index contributed by atoms with van der Waals surface area (Å²) >= 11 is 0. The van der Waals surface area contributed by atoms with Crippen LogP contribution in [0.1, 0.15) is 10.4 Å². The van der Waals surface area contributed by atoms with Gasteiger partial charge in [0.05, 0.1) is 5.97 Å². The number of carbonyl (C=O) groups excluding carboxylic acids is 1. The minimum Gasteiger partial charge on any atom is -0.545 e. The Hall–Kier alpha value is -1.43. The highest BCUT2D eigenvalue weighted by Crippen LogP contribution is 2.15. The second-order valence-corrected chi connectivity index (χ2v) is 4.69. The molecule has 0 aromatic heterocycles. The second kappa shape index (κ2) is 3.38. The van der Waals surface area contributed by atoms with Gasteiger partial charge in [-0.15, -0.1) is 0 Å². The number of carboxylic acids is 1. The quantitative estimate of drug-likeness (QED) is 0.675. The Kier molecular flexibility index (Phi) is 2.57. The minimum absolute atomic E-state index is 0.369. The normalized spacial score (nSPS) is 11.3. The van der Waals surface area contributed by atoms with Gasteiger partial charge in [-0.1, -0.05) is 6.07 Å². The molecule has 0 aliphatic heterocycles. The molecule has 0 saturated heterocycles. The lowest BCUT2D eigenvalue weighted by molar-refractivity contribution is -0.255. The van der Waals surface area contributed by atoms with Gasteiger partial charge in [0, 0.05) is 6.26 Å². The molecule has 4 nitrogen and oxygen atoms in total. The summed E-state index contributed by atoms with van der Waals surface area (Å²) < 4.78 is 34.9. The van der Waals surface area contributed by atoms with Gasteiger partial charge in [0.25, 0.3) is 0 Å². The average molecular weight is 217 g/mol. The fourth-order valence-corrected chi connectivity index (χ4v) is 1.68. The SMILES string of the molecule is CS(=O)(=O)c1cc(C(=O)[O-])ccc1F. The third-order valence-corrected chi connectivity index (χ3v) is 2.68. The van der Waals surface area contributed by atoms with Gasteiger partial charge in [-0.3, -0.25) is 0 Å². The van der Waals surface area contributed by atoms with Crippen molar-refractivity contribution < 1.29 is 22.7 Å². The van der Waals surface area contributed by atoms with E-state index < -0.39 is 26.5 Å². The molecule has 0 unspecified atom stereocenters. The maximum atomic E-state index is 12.9. The molecule has 76 valence electrons. The lowest BCUT2D eigenvalue weighted by atomic mass is 10.2. The van der Waals surface area contributed by atoms with E-state index in [-0.39, 0.29) is 5.56 Å². The molecular formula is C8H6FO4S-. The van der Waals surface area contributed by atoms with Crippen LogP contribution in [0.2, 0.25) is 0 Å². The molecular weight excluding hydrogens is 211 g/mol. The predicted octanol–water partition coefficient (Wildman–Crippen LogP) is -0.407. The highest BCUT2D eigenvalue weighted by atomic mass is 32.2. The first-order chi connectivity index (χ1) is 6.32. The maximum absolute atomic E-state index is 12.9. The molecule has 0 saturated carbocycles. The number of halogens is 1. The molecule has 1 aromatic rings. The summed E-state index contributed by atoms with van der Waals surface area (Å²) in [5.74, 6) is -2.52. The van der Waals surface area contributed by atoms with E-state index in [9.17, 15) is 22.7 Å². The van der Waals surface area contributed by atoms with E-state index in [0.29, 0.717) is 0 Å². The molecule has 6 heteroatoms. The molecule has 0 heterocycles. The summed E-state index contributed by atoms with van der Waals surface area (Å²) in [5, 5.41) is 10.4.